The van der Waals surface area contributed by atoms with Crippen molar-refractivity contribution in [2.24, 2.45) is 0 Å². The van der Waals surface area contributed by atoms with Gasteiger partial charge in [0.05, 0.1) is 13.2 Å². The number of benzene rings is 7. The highest BCUT2D eigenvalue weighted by Crippen LogP contribution is 2.43. The Balaban J connectivity index is 1.10. The molecule has 0 saturated heterocycles. The molecule has 0 aliphatic carbocycles. The third kappa shape index (κ3) is 5.40. The van der Waals surface area contributed by atoms with Crippen molar-refractivity contribution >= 4 is 66.6 Å². The van der Waals surface area contributed by atoms with Gasteiger partial charge in [-0.25, -0.2) is 0 Å². The zero-order chi connectivity index (χ0) is 28.1. The van der Waals surface area contributed by atoms with Crippen molar-refractivity contribution in [1.29, 1.82) is 0 Å². The number of fused-ring (bicyclic) bond motifs is 4. The molecule has 0 fully saturated rings. The molecule has 7 rings (SSSR count). The molecule has 7 aromatic rings. The fourth-order valence-electron chi connectivity index (χ4n) is 5.59. The Morgan fingerprint density at radius 2 is 0.690 bits per heavy atom. The van der Waals surface area contributed by atoms with Crippen LogP contribution in [0.4, 0.5) is 0 Å². The summed E-state index contributed by atoms with van der Waals surface area (Å²) in [5.74, 6) is 3.58. The molecule has 2 nitrogen and oxygen atoms in total. The smallest absolute Gasteiger partial charge is 0.135 e. The van der Waals surface area contributed by atoms with E-state index >= 15 is 0 Å². The van der Waals surface area contributed by atoms with Gasteiger partial charge < -0.3 is 9.47 Å². The summed E-state index contributed by atoms with van der Waals surface area (Å²) in [4.78, 5) is 2.58. The first kappa shape index (κ1) is 26.8. The molecule has 0 aromatic heterocycles. The molecule has 0 aliphatic rings. The Hall–Kier alpha value is -4.12. The summed E-state index contributed by atoms with van der Waals surface area (Å²) in [6, 6.07) is 47.0. The summed E-state index contributed by atoms with van der Waals surface area (Å²) in [5, 5.41) is 9.47. The van der Waals surface area contributed by atoms with E-state index in [9.17, 15) is 0 Å². The fraction of sp³-hybridized carbons (Fsp3) is 0.105. The molecule has 0 N–H and O–H groups in total. The van der Waals surface area contributed by atoms with Crippen LogP contribution in [0.25, 0.3) is 43.1 Å². The molecule has 0 heterocycles. The SMILES string of the molecule is c1ccc2c(SCCOc3c4ccccc4c(OCCSc4cccc5ccccc45)c4ccccc34)cccc2c1. The van der Waals surface area contributed by atoms with Gasteiger partial charge in [-0.2, -0.15) is 0 Å². The molecule has 0 saturated carbocycles. The third-order valence-electron chi connectivity index (χ3n) is 7.51. The van der Waals surface area contributed by atoms with Crippen LogP contribution < -0.4 is 9.47 Å². The van der Waals surface area contributed by atoms with E-state index in [1.54, 1.807) is 0 Å². The van der Waals surface area contributed by atoms with Crippen molar-refractivity contribution in [1.82, 2.24) is 0 Å². The first-order valence-electron chi connectivity index (χ1n) is 14.3. The number of rotatable bonds is 10. The largest absolute Gasteiger partial charge is 0.491 e. The summed E-state index contributed by atoms with van der Waals surface area (Å²) in [6.45, 7) is 1.23. The first-order chi connectivity index (χ1) is 20.9. The van der Waals surface area contributed by atoms with Crippen LogP contribution in [0.2, 0.25) is 0 Å². The van der Waals surface area contributed by atoms with Gasteiger partial charge in [-0.3, -0.25) is 0 Å². The minimum Gasteiger partial charge on any atom is -0.491 e. The quantitative estimate of drug-likeness (QED) is 0.0907. The van der Waals surface area contributed by atoms with E-state index in [4.69, 9.17) is 9.47 Å². The molecule has 0 aliphatic heterocycles. The molecule has 0 spiro atoms. The van der Waals surface area contributed by atoms with Crippen molar-refractivity contribution in [3.63, 3.8) is 0 Å². The first-order valence-corrected chi connectivity index (χ1v) is 16.2. The van der Waals surface area contributed by atoms with Gasteiger partial charge in [-0.1, -0.05) is 121 Å². The lowest BCUT2D eigenvalue weighted by Gasteiger charge is -2.18. The Labute approximate surface area is 254 Å². The van der Waals surface area contributed by atoms with Gasteiger partial charge in [0.15, 0.2) is 0 Å². The van der Waals surface area contributed by atoms with E-state index in [0.717, 1.165) is 44.5 Å². The van der Waals surface area contributed by atoms with E-state index in [2.05, 4.69) is 133 Å². The lowest BCUT2D eigenvalue weighted by molar-refractivity contribution is 0.346. The maximum absolute atomic E-state index is 6.57. The minimum atomic E-state index is 0.615. The van der Waals surface area contributed by atoms with Crippen LogP contribution in [0.15, 0.2) is 143 Å². The van der Waals surface area contributed by atoms with Crippen LogP contribution in [0.5, 0.6) is 11.5 Å². The Bertz CT molecular complexity index is 1800. The molecular weight excluding hydrogens is 553 g/mol. The summed E-state index contributed by atoms with van der Waals surface area (Å²) >= 11 is 3.69. The second kappa shape index (κ2) is 12.4. The van der Waals surface area contributed by atoms with Crippen molar-refractivity contribution < 1.29 is 9.47 Å². The maximum Gasteiger partial charge on any atom is 0.135 e. The predicted molar refractivity (Wildman–Crippen MR) is 182 cm³/mol. The van der Waals surface area contributed by atoms with E-state index < -0.39 is 0 Å². The molecule has 0 radical (unpaired) electrons. The summed E-state index contributed by atoms with van der Waals surface area (Å²) in [7, 11) is 0. The summed E-state index contributed by atoms with van der Waals surface area (Å²) in [5.41, 5.74) is 0. The average Bonchev–Trinajstić information content (AvgIpc) is 3.05. The van der Waals surface area contributed by atoms with Crippen LogP contribution >= 0.6 is 23.5 Å². The van der Waals surface area contributed by atoms with Gasteiger partial charge in [0.2, 0.25) is 0 Å². The number of hydrogen-bond acceptors (Lipinski definition) is 4. The zero-order valence-corrected chi connectivity index (χ0v) is 24.8. The zero-order valence-electron chi connectivity index (χ0n) is 23.2. The highest BCUT2D eigenvalue weighted by Gasteiger charge is 2.16. The Kier molecular flexibility index (Phi) is 7.90. The standard InChI is InChI=1S/C38H30O2S2/c1-3-15-29-27(11-1)13-9-21-35(29)41-25-23-39-37-31-17-5-7-19-33(31)38(34-20-8-6-18-32(34)37)40-24-26-42-36-22-10-14-28-12-2-4-16-30(28)36/h1-22H,23-26H2. The predicted octanol–water partition coefficient (Wildman–Crippen LogP) is 10.6. The average molecular weight is 583 g/mol. The van der Waals surface area contributed by atoms with E-state index in [1.165, 1.54) is 31.3 Å². The molecule has 206 valence electrons. The summed E-state index contributed by atoms with van der Waals surface area (Å²) < 4.78 is 13.1. The molecule has 42 heavy (non-hydrogen) atoms. The number of thioether (sulfide) groups is 2. The molecule has 4 heteroatoms. The molecule has 0 unspecified atom stereocenters. The lowest BCUT2D eigenvalue weighted by atomic mass is 10.0. The summed E-state index contributed by atoms with van der Waals surface area (Å²) in [6.07, 6.45) is 0. The number of ether oxygens (including phenoxy) is 2. The van der Waals surface area contributed by atoms with Gasteiger partial charge >= 0.3 is 0 Å². The highest BCUT2D eigenvalue weighted by atomic mass is 32.2. The second-order valence-electron chi connectivity index (χ2n) is 10.1. The molecule has 0 bridgehead atoms. The topological polar surface area (TPSA) is 18.5 Å². The van der Waals surface area contributed by atoms with Crippen molar-refractivity contribution in [2.45, 2.75) is 9.79 Å². The van der Waals surface area contributed by atoms with Crippen LogP contribution in [-0.2, 0) is 0 Å². The second-order valence-corrected chi connectivity index (χ2v) is 12.4. The van der Waals surface area contributed by atoms with Gasteiger partial charge in [0.1, 0.15) is 11.5 Å². The lowest BCUT2D eigenvalue weighted by Crippen LogP contribution is -2.04. The van der Waals surface area contributed by atoms with E-state index in [0.29, 0.717) is 13.2 Å². The number of hydrogen-bond donors (Lipinski definition) is 0. The van der Waals surface area contributed by atoms with Crippen molar-refractivity contribution in [3.8, 4) is 11.5 Å². The van der Waals surface area contributed by atoms with Gasteiger partial charge in [0.25, 0.3) is 0 Å². The fourth-order valence-corrected chi connectivity index (χ4v) is 7.40. The molecule has 0 atom stereocenters. The minimum absolute atomic E-state index is 0.615. The molecule has 7 aromatic carbocycles. The maximum atomic E-state index is 6.57. The van der Waals surface area contributed by atoms with Gasteiger partial charge in [0, 0.05) is 42.8 Å². The van der Waals surface area contributed by atoms with Crippen LogP contribution in [-0.4, -0.2) is 24.7 Å². The van der Waals surface area contributed by atoms with E-state index in [-0.39, 0.29) is 0 Å². The van der Waals surface area contributed by atoms with Crippen LogP contribution in [0, 0.1) is 0 Å². The van der Waals surface area contributed by atoms with Crippen molar-refractivity contribution in [2.75, 3.05) is 24.7 Å². The van der Waals surface area contributed by atoms with Crippen LogP contribution in [0.1, 0.15) is 0 Å². The van der Waals surface area contributed by atoms with Crippen molar-refractivity contribution in [3.05, 3.63) is 133 Å². The third-order valence-corrected chi connectivity index (χ3v) is 9.58. The Morgan fingerprint density at radius 3 is 1.10 bits per heavy atom. The monoisotopic (exact) mass is 582 g/mol. The molecular formula is C38H30O2S2. The van der Waals surface area contributed by atoms with Gasteiger partial charge in [-0.05, 0) is 33.7 Å². The normalized spacial score (nSPS) is 11.4. The van der Waals surface area contributed by atoms with Crippen LogP contribution in [0.3, 0.4) is 0 Å². The Morgan fingerprint density at radius 1 is 0.357 bits per heavy atom. The highest BCUT2D eigenvalue weighted by molar-refractivity contribution is 7.99. The van der Waals surface area contributed by atoms with Gasteiger partial charge in [-0.15, -0.1) is 23.5 Å². The molecule has 0 amide bonds. The van der Waals surface area contributed by atoms with E-state index in [1.807, 2.05) is 23.5 Å².